The maximum absolute atomic E-state index is 11.9. The van der Waals surface area contributed by atoms with Gasteiger partial charge in [0.2, 0.25) is 0 Å². The van der Waals surface area contributed by atoms with Crippen molar-refractivity contribution < 1.29 is 14.3 Å². The molecule has 1 N–H and O–H groups in total. The summed E-state index contributed by atoms with van der Waals surface area (Å²) in [5.74, 6) is 0.750. The molecule has 0 fully saturated rings. The van der Waals surface area contributed by atoms with Gasteiger partial charge >= 0.3 is 6.09 Å². The van der Waals surface area contributed by atoms with Crippen LogP contribution >= 0.6 is 0 Å². The zero-order valence-corrected chi connectivity index (χ0v) is 13.1. The molecular weight excluding hydrogens is 266 g/mol. The molecule has 0 aliphatic carbocycles. The van der Waals surface area contributed by atoms with Gasteiger partial charge in [-0.2, -0.15) is 0 Å². The third kappa shape index (κ3) is 3.66. The zero-order chi connectivity index (χ0) is 15.6. The van der Waals surface area contributed by atoms with Gasteiger partial charge in [-0.3, -0.25) is 5.32 Å². The van der Waals surface area contributed by atoms with Crippen molar-refractivity contribution in [3.63, 3.8) is 0 Å². The van der Waals surface area contributed by atoms with Gasteiger partial charge in [0.15, 0.2) is 0 Å². The summed E-state index contributed by atoms with van der Waals surface area (Å²) >= 11 is 0. The van der Waals surface area contributed by atoms with E-state index in [1.54, 1.807) is 7.11 Å². The highest BCUT2D eigenvalue weighted by Crippen LogP contribution is 2.30. The summed E-state index contributed by atoms with van der Waals surface area (Å²) in [7, 11) is 1.62. The summed E-state index contributed by atoms with van der Waals surface area (Å²) in [6, 6.07) is 9.66. The topological polar surface area (TPSA) is 47.6 Å². The number of anilines is 1. The molecule has 0 spiro atoms. The third-order valence-corrected chi connectivity index (χ3v) is 3.08. The van der Waals surface area contributed by atoms with Crippen LogP contribution in [-0.2, 0) is 4.74 Å². The molecule has 2 aromatic carbocycles. The van der Waals surface area contributed by atoms with Gasteiger partial charge in [-0.05, 0) is 56.8 Å². The Hall–Kier alpha value is -2.23. The first-order valence-corrected chi connectivity index (χ1v) is 6.87. The molecule has 2 rings (SSSR count). The van der Waals surface area contributed by atoms with Crippen molar-refractivity contribution in [2.24, 2.45) is 0 Å². The van der Waals surface area contributed by atoms with Crippen molar-refractivity contribution in [3.8, 4) is 5.75 Å². The van der Waals surface area contributed by atoms with E-state index in [-0.39, 0.29) is 0 Å². The predicted molar refractivity (Wildman–Crippen MR) is 85.1 cm³/mol. The summed E-state index contributed by atoms with van der Waals surface area (Å²) in [6.07, 6.45) is -0.463. The van der Waals surface area contributed by atoms with Gasteiger partial charge in [0, 0.05) is 5.39 Å². The predicted octanol–water partition coefficient (Wildman–Crippen LogP) is 4.50. The molecule has 0 bridgehead atoms. The zero-order valence-electron chi connectivity index (χ0n) is 13.1. The van der Waals surface area contributed by atoms with Crippen LogP contribution in [0.15, 0.2) is 30.3 Å². The van der Waals surface area contributed by atoms with Crippen molar-refractivity contribution in [1.82, 2.24) is 0 Å². The fourth-order valence-corrected chi connectivity index (χ4v) is 2.13. The number of ether oxygens (including phenoxy) is 2. The van der Waals surface area contributed by atoms with Gasteiger partial charge in [0.25, 0.3) is 0 Å². The van der Waals surface area contributed by atoms with Crippen LogP contribution < -0.4 is 10.1 Å². The highest BCUT2D eigenvalue weighted by Gasteiger charge is 2.17. The lowest BCUT2D eigenvalue weighted by Gasteiger charge is -2.20. The van der Waals surface area contributed by atoms with Crippen molar-refractivity contribution >= 4 is 22.6 Å². The number of amides is 1. The van der Waals surface area contributed by atoms with E-state index in [2.05, 4.69) is 5.32 Å². The van der Waals surface area contributed by atoms with Crippen LogP contribution in [0.5, 0.6) is 5.75 Å². The molecule has 0 unspecified atom stereocenters. The number of fused-ring (bicyclic) bond motifs is 1. The molecule has 0 radical (unpaired) electrons. The standard InChI is InChI=1S/C17H21NO3/c1-11-6-9-15(18-16(19)21-17(2,3)4)14-10-12(20-5)7-8-13(11)14/h6-10H,1-5H3,(H,18,19). The van der Waals surface area contributed by atoms with Crippen molar-refractivity contribution in [3.05, 3.63) is 35.9 Å². The SMILES string of the molecule is COc1ccc2c(C)ccc(NC(=O)OC(C)(C)C)c2c1. The van der Waals surface area contributed by atoms with Crippen LogP contribution in [0.4, 0.5) is 10.5 Å². The van der Waals surface area contributed by atoms with E-state index in [1.807, 2.05) is 58.0 Å². The van der Waals surface area contributed by atoms with Gasteiger partial charge in [0.05, 0.1) is 12.8 Å². The van der Waals surface area contributed by atoms with E-state index in [4.69, 9.17) is 9.47 Å². The minimum absolute atomic E-state index is 0.463. The molecule has 4 nitrogen and oxygen atoms in total. The van der Waals surface area contributed by atoms with Crippen molar-refractivity contribution in [2.75, 3.05) is 12.4 Å². The van der Waals surface area contributed by atoms with E-state index in [0.29, 0.717) is 5.69 Å². The number of hydrogen-bond donors (Lipinski definition) is 1. The molecule has 1 amide bonds. The van der Waals surface area contributed by atoms with E-state index in [0.717, 1.165) is 22.1 Å². The van der Waals surface area contributed by atoms with Gasteiger partial charge < -0.3 is 9.47 Å². The van der Waals surface area contributed by atoms with Crippen LogP contribution in [0.1, 0.15) is 26.3 Å². The average Bonchev–Trinajstić information content (AvgIpc) is 2.39. The number of methoxy groups -OCH3 is 1. The lowest BCUT2D eigenvalue weighted by atomic mass is 10.0. The molecule has 0 aromatic heterocycles. The highest BCUT2D eigenvalue weighted by molar-refractivity contribution is 6.02. The van der Waals surface area contributed by atoms with Crippen LogP contribution in [0.2, 0.25) is 0 Å². The van der Waals surface area contributed by atoms with Crippen LogP contribution in [0.3, 0.4) is 0 Å². The smallest absolute Gasteiger partial charge is 0.412 e. The number of hydrogen-bond acceptors (Lipinski definition) is 3. The number of carbonyl (C=O) groups is 1. The number of benzene rings is 2. The molecule has 21 heavy (non-hydrogen) atoms. The monoisotopic (exact) mass is 287 g/mol. The number of carbonyl (C=O) groups excluding carboxylic acids is 1. The van der Waals surface area contributed by atoms with Gasteiger partial charge in [-0.25, -0.2) is 4.79 Å². The average molecular weight is 287 g/mol. The molecule has 4 heteroatoms. The Bertz CT molecular complexity index is 672. The summed E-state index contributed by atoms with van der Waals surface area (Å²) in [4.78, 5) is 11.9. The fourth-order valence-electron chi connectivity index (χ4n) is 2.13. The molecule has 2 aromatic rings. The van der Waals surface area contributed by atoms with E-state index < -0.39 is 11.7 Å². The normalized spacial score (nSPS) is 11.3. The molecule has 112 valence electrons. The Morgan fingerprint density at radius 3 is 2.43 bits per heavy atom. The summed E-state index contributed by atoms with van der Waals surface area (Å²) in [6.45, 7) is 7.54. The molecule has 0 saturated heterocycles. The second kappa shape index (κ2) is 5.64. The minimum atomic E-state index is -0.526. The quantitative estimate of drug-likeness (QED) is 0.884. The molecular formula is C17H21NO3. The summed E-state index contributed by atoms with van der Waals surface area (Å²) < 4.78 is 10.6. The van der Waals surface area contributed by atoms with Gasteiger partial charge in [0.1, 0.15) is 11.4 Å². The van der Waals surface area contributed by atoms with E-state index in [9.17, 15) is 4.79 Å². The molecule has 0 aliphatic heterocycles. The number of nitrogens with one attached hydrogen (secondary N) is 1. The highest BCUT2D eigenvalue weighted by atomic mass is 16.6. The van der Waals surface area contributed by atoms with E-state index in [1.165, 1.54) is 0 Å². The largest absolute Gasteiger partial charge is 0.497 e. The van der Waals surface area contributed by atoms with Crippen LogP contribution in [0, 0.1) is 6.92 Å². The molecule has 0 atom stereocenters. The van der Waals surface area contributed by atoms with Crippen molar-refractivity contribution in [1.29, 1.82) is 0 Å². The Morgan fingerprint density at radius 1 is 1.10 bits per heavy atom. The maximum atomic E-state index is 11.9. The maximum Gasteiger partial charge on any atom is 0.412 e. The first-order chi connectivity index (χ1) is 9.80. The van der Waals surface area contributed by atoms with Crippen LogP contribution in [-0.4, -0.2) is 18.8 Å². The Balaban J connectivity index is 2.39. The molecule has 0 aliphatic rings. The molecule has 0 heterocycles. The molecule has 0 saturated carbocycles. The summed E-state index contributed by atoms with van der Waals surface area (Å²) in [5, 5.41) is 4.81. The summed E-state index contributed by atoms with van der Waals surface area (Å²) in [5.41, 5.74) is 1.33. The number of aryl methyl sites for hydroxylation is 1. The Labute approximate surface area is 125 Å². The lowest BCUT2D eigenvalue weighted by molar-refractivity contribution is 0.0636. The lowest BCUT2D eigenvalue weighted by Crippen LogP contribution is -2.27. The van der Waals surface area contributed by atoms with Crippen LogP contribution in [0.25, 0.3) is 10.8 Å². The number of rotatable bonds is 2. The Kier molecular flexibility index (Phi) is 4.07. The Morgan fingerprint density at radius 2 is 1.81 bits per heavy atom. The van der Waals surface area contributed by atoms with Gasteiger partial charge in [-0.15, -0.1) is 0 Å². The van der Waals surface area contributed by atoms with Crippen molar-refractivity contribution in [2.45, 2.75) is 33.3 Å². The second-order valence-electron chi connectivity index (χ2n) is 5.97. The first-order valence-electron chi connectivity index (χ1n) is 6.87. The van der Waals surface area contributed by atoms with Gasteiger partial charge in [-0.1, -0.05) is 12.1 Å². The first kappa shape index (κ1) is 15.2. The van der Waals surface area contributed by atoms with E-state index >= 15 is 0 Å². The fraction of sp³-hybridized carbons (Fsp3) is 0.353. The third-order valence-electron chi connectivity index (χ3n) is 3.08. The second-order valence-corrected chi connectivity index (χ2v) is 5.97. The minimum Gasteiger partial charge on any atom is -0.497 e.